The Hall–Kier alpha value is 0.916. The van der Waals surface area contributed by atoms with Crippen LogP contribution >= 0.6 is 0 Å². The summed E-state index contributed by atoms with van der Waals surface area (Å²) in [6.45, 7) is 4.72. The summed E-state index contributed by atoms with van der Waals surface area (Å²) in [5, 5.41) is 0. The van der Waals surface area contributed by atoms with Crippen LogP contribution in [-0.2, 0) is 19.4 Å². The summed E-state index contributed by atoms with van der Waals surface area (Å²) in [6, 6.07) is 0. The number of carbonyl (C=O) groups is 1. The molecule has 0 heterocycles. The van der Waals surface area contributed by atoms with Crippen LogP contribution in [0.1, 0.15) is 19.8 Å². The third kappa shape index (κ3) is 11.0. The Morgan fingerprint density at radius 3 is 2.36 bits per heavy atom. The van der Waals surface area contributed by atoms with Gasteiger partial charge in [0.2, 0.25) is 10.4 Å². The fourth-order valence-electron chi connectivity index (χ4n) is 0.607. The molecule has 0 unspecified atom stereocenters. The van der Waals surface area contributed by atoms with E-state index in [1.54, 1.807) is 6.92 Å². The molecule has 0 bridgehead atoms. The summed E-state index contributed by atoms with van der Waals surface area (Å²) in [5.74, 6) is -0.160. The molecule has 0 aromatic rings. The first-order chi connectivity index (χ1) is 5.83. The predicted molar refractivity (Wildman–Crippen MR) is 44.7 cm³/mol. The first-order valence-corrected chi connectivity index (χ1v) is 4.95. The van der Waals surface area contributed by atoms with Crippen molar-refractivity contribution in [2.45, 2.75) is 19.8 Å². The van der Waals surface area contributed by atoms with Crippen LogP contribution in [0, 0.1) is 0 Å². The molecule has 0 fully saturated rings. The minimum Gasteiger partial charge on any atom is -0.726 e. The molecule has 0 aromatic heterocycles. The topological polar surface area (TPSA) is 83.5 Å². The molecule has 0 aliphatic heterocycles. The van der Waals surface area contributed by atoms with E-state index in [1.807, 2.05) is 0 Å². The van der Waals surface area contributed by atoms with Crippen molar-refractivity contribution in [1.29, 1.82) is 0 Å². The van der Waals surface area contributed by atoms with Crippen molar-refractivity contribution in [2.75, 3.05) is 6.61 Å². The molecule has 0 rings (SSSR count). The Morgan fingerprint density at radius 2 is 2.00 bits per heavy atom. The normalized spacial score (nSPS) is 10.4. The van der Waals surface area contributed by atoms with Gasteiger partial charge in [-0.3, -0.25) is 8.98 Å². The smallest absolute Gasteiger partial charge is 0.726 e. The van der Waals surface area contributed by atoms with Gasteiger partial charge in [-0.05, 0) is 18.9 Å². The van der Waals surface area contributed by atoms with Crippen LogP contribution in [-0.4, -0.2) is 25.4 Å². The standard InChI is InChI=1S/C7H12O5S.K/c1-6(2)7(8)4-3-5-12-13(9,10)11;/h1,3-5H2,2H3,(H,9,10,11);/q;+1/p-1. The zero-order chi connectivity index (χ0) is 10.5. The summed E-state index contributed by atoms with van der Waals surface area (Å²) in [6.07, 6.45) is 0.345. The van der Waals surface area contributed by atoms with Crippen molar-refractivity contribution in [3.63, 3.8) is 0 Å². The van der Waals surface area contributed by atoms with E-state index in [4.69, 9.17) is 0 Å². The Labute approximate surface area is 126 Å². The van der Waals surface area contributed by atoms with E-state index in [-0.39, 0.29) is 76.6 Å². The van der Waals surface area contributed by atoms with Gasteiger partial charge in [-0.1, -0.05) is 6.58 Å². The van der Waals surface area contributed by atoms with Gasteiger partial charge in [0.25, 0.3) is 0 Å². The maximum atomic E-state index is 10.9. The van der Waals surface area contributed by atoms with Gasteiger partial charge in [0.15, 0.2) is 5.78 Å². The molecule has 5 nitrogen and oxygen atoms in total. The molecule has 7 heteroatoms. The molecule has 0 aromatic carbocycles. The molecular weight excluding hydrogens is 235 g/mol. The number of carbonyl (C=O) groups excluding carboxylic acids is 1. The monoisotopic (exact) mass is 246 g/mol. The molecule has 0 spiro atoms. The molecule has 0 N–H and O–H groups in total. The fraction of sp³-hybridized carbons (Fsp3) is 0.571. The Morgan fingerprint density at radius 1 is 1.50 bits per heavy atom. The molecule has 0 amide bonds. The number of ketones is 1. The maximum Gasteiger partial charge on any atom is 1.00 e. The van der Waals surface area contributed by atoms with Crippen LogP contribution in [0.4, 0.5) is 0 Å². The SMILES string of the molecule is C=C(C)C(=O)CCCOS(=O)(=O)[O-].[K+]. The summed E-state index contributed by atoms with van der Waals surface area (Å²) >= 11 is 0. The first-order valence-electron chi connectivity index (χ1n) is 3.62. The average Bonchev–Trinajstić information content (AvgIpc) is 1.95. The third-order valence-electron chi connectivity index (χ3n) is 1.25. The van der Waals surface area contributed by atoms with Gasteiger partial charge in [0.1, 0.15) is 0 Å². The van der Waals surface area contributed by atoms with Crippen molar-refractivity contribution in [2.24, 2.45) is 0 Å². The summed E-state index contributed by atoms with van der Waals surface area (Å²) in [7, 11) is -4.63. The second kappa shape index (κ2) is 8.11. The molecular formula is C7H11KO5S. The van der Waals surface area contributed by atoms with Crippen molar-refractivity contribution >= 4 is 16.2 Å². The predicted octanol–water partition coefficient (Wildman–Crippen LogP) is -2.61. The van der Waals surface area contributed by atoms with Gasteiger partial charge in [-0.15, -0.1) is 0 Å². The molecule has 0 aliphatic carbocycles. The number of allylic oxidation sites excluding steroid dienone is 1. The van der Waals surface area contributed by atoms with Crippen LogP contribution < -0.4 is 51.4 Å². The molecule has 0 radical (unpaired) electrons. The molecule has 14 heavy (non-hydrogen) atoms. The van der Waals surface area contributed by atoms with E-state index < -0.39 is 10.4 Å². The van der Waals surface area contributed by atoms with Gasteiger partial charge in [-0.25, -0.2) is 8.42 Å². The summed E-state index contributed by atoms with van der Waals surface area (Å²) in [5.41, 5.74) is 0.407. The second-order valence-corrected chi connectivity index (χ2v) is 3.59. The molecule has 0 saturated carbocycles. The van der Waals surface area contributed by atoms with Gasteiger partial charge >= 0.3 is 51.4 Å². The number of hydrogen-bond acceptors (Lipinski definition) is 5. The second-order valence-electron chi connectivity index (χ2n) is 2.54. The Kier molecular flexibility index (Phi) is 10.0. The minimum absolute atomic E-state index is 0. The van der Waals surface area contributed by atoms with E-state index in [0.29, 0.717) is 5.57 Å². The molecule has 0 atom stereocenters. The van der Waals surface area contributed by atoms with Crippen molar-refractivity contribution in [3.05, 3.63) is 12.2 Å². The maximum absolute atomic E-state index is 10.9. The third-order valence-corrected chi connectivity index (χ3v) is 1.71. The van der Waals surface area contributed by atoms with Crippen molar-refractivity contribution < 1.29 is 73.3 Å². The van der Waals surface area contributed by atoms with Gasteiger partial charge < -0.3 is 4.55 Å². The van der Waals surface area contributed by atoms with Crippen LogP contribution in [0.3, 0.4) is 0 Å². The fourth-order valence-corrected chi connectivity index (χ4v) is 0.929. The minimum atomic E-state index is -4.63. The van der Waals surface area contributed by atoms with Gasteiger partial charge in [-0.2, -0.15) is 0 Å². The zero-order valence-electron chi connectivity index (χ0n) is 8.28. The van der Waals surface area contributed by atoms with Crippen molar-refractivity contribution in [1.82, 2.24) is 0 Å². The van der Waals surface area contributed by atoms with Crippen LogP contribution in [0.15, 0.2) is 12.2 Å². The van der Waals surface area contributed by atoms with E-state index in [0.717, 1.165) is 0 Å². The van der Waals surface area contributed by atoms with E-state index in [1.165, 1.54) is 0 Å². The number of Topliss-reactive ketones (excluding diaryl/α,β-unsaturated/α-hetero) is 1. The van der Waals surface area contributed by atoms with Crippen LogP contribution in [0.25, 0.3) is 0 Å². The quantitative estimate of drug-likeness (QED) is 0.169. The van der Waals surface area contributed by atoms with Crippen molar-refractivity contribution in [3.8, 4) is 0 Å². The van der Waals surface area contributed by atoms with Gasteiger partial charge in [0.05, 0.1) is 6.61 Å². The zero-order valence-corrected chi connectivity index (χ0v) is 12.2. The van der Waals surface area contributed by atoms with E-state index >= 15 is 0 Å². The van der Waals surface area contributed by atoms with E-state index in [9.17, 15) is 17.8 Å². The average molecular weight is 246 g/mol. The Balaban J connectivity index is 0. The molecule has 76 valence electrons. The Bertz CT molecular complexity index is 295. The van der Waals surface area contributed by atoms with E-state index in [2.05, 4.69) is 10.8 Å². The number of hydrogen-bond donors (Lipinski definition) is 0. The summed E-state index contributed by atoms with van der Waals surface area (Å²) < 4.78 is 33.7. The number of rotatable bonds is 6. The molecule has 0 aliphatic rings. The summed E-state index contributed by atoms with van der Waals surface area (Å²) in [4.78, 5) is 10.9. The first kappa shape index (κ1) is 17.3. The van der Waals surface area contributed by atoms with Crippen LogP contribution in [0.2, 0.25) is 0 Å². The largest absolute Gasteiger partial charge is 1.00 e. The van der Waals surface area contributed by atoms with Gasteiger partial charge in [0, 0.05) is 6.42 Å². The molecule has 0 saturated heterocycles. The van der Waals surface area contributed by atoms with Crippen LogP contribution in [0.5, 0.6) is 0 Å².